The van der Waals surface area contributed by atoms with Gasteiger partial charge >= 0.3 is 0 Å². The van der Waals surface area contributed by atoms with Crippen molar-refractivity contribution in [1.29, 1.82) is 0 Å². The summed E-state index contributed by atoms with van der Waals surface area (Å²) in [6.45, 7) is 5.71. The SMILES string of the molecule is CC(C)OCCCNC(=O)[C@H]1CCN(c2ccccc2)C1=O. The molecule has 1 N–H and O–H groups in total. The Morgan fingerprint density at radius 2 is 2.09 bits per heavy atom. The normalized spacial score (nSPS) is 18.0. The number of nitrogens with zero attached hydrogens (tertiary/aromatic N) is 1. The molecule has 2 rings (SSSR count). The molecule has 0 bridgehead atoms. The first-order valence-electron chi connectivity index (χ1n) is 7.85. The number of hydrogen-bond acceptors (Lipinski definition) is 3. The zero-order valence-corrected chi connectivity index (χ0v) is 13.2. The molecule has 0 radical (unpaired) electrons. The largest absolute Gasteiger partial charge is 0.379 e. The molecule has 1 heterocycles. The topological polar surface area (TPSA) is 58.6 Å². The Hall–Kier alpha value is -1.88. The number of para-hydroxylation sites is 1. The molecule has 22 heavy (non-hydrogen) atoms. The Bertz CT molecular complexity index is 502. The molecule has 0 aliphatic carbocycles. The lowest BCUT2D eigenvalue weighted by Gasteiger charge is -2.16. The number of ether oxygens (including phenoxy) is 1. The van der Waals surface area contributed by atoms with E-state index in [9.17, 15) is 9.59 Å². The third-order valence-corrected chi connectivity index (χ3v) is 3.66. The third-order valence-electron chi connectivity index (χ3n) is 3.66. The summed E-state index contributed by atoms with van der Waals surface area (Å²) in [6, 6.07) is 9.48. The Morgan fingerprint density at radius 1 is 1.36 bits per heavy atom. The quantitative estimate of drug-likeness (QED) is 0.619. The number of anilines is 1. The van der Waals surface area contributed by atoms with Gasteiger partial charge in [-0.25, -0.2) is 0 Å². The van der Waals surface area contributed by atoms with Crippen LogP contribution in [0, 0.1) is 5.92 Å². The molecule has 0 spiro atoms. The fraction of sp³-hybridized carbons (Fsp3) is 0.529. The molecule has 1 aromatic carbocycles. The average Bonchev–Trinajstić information content (AvgIpc) is 2.89. The van der Waals surface area contributed by atoms with Crippen LogP contribution < -0.4 is 10.2 Å². The van der Waals surface area contributed by atoms with Crippen molar-refractivity contribution in [2.24, 2.45) is 5.92 Å². The van der Waals surface area contributed by atoms with Gasteiger partial charge in [-0.3, -0.25) is 9.59 Å². The number of nitrogens with one attached hydrogen (secondary N) is 1. The molecular weight excluding hydrogens is 280 g/mol. The minimum absolute atomic E-state index is 0.109. The van der Waals surface area contributed by atoms with Crippen LogP contribution in [0.25, 0.3) is 0 Å². The predicted molar refractivity (Wildman–Crippen MR) is 85.6 cm³/mol. The van der Waals surface area contributed by atoms with E-state index in [1.54, 1.807) is 4.90 Å². The maximum absolute atomic E-state index is 12.4. The van der Waals surface area contributed by atoms with E-state index in [4.69, 9.17) is 4.74 Å². The van der Waals surface area contributed by atoms with E-state index in [0.29, 0.717) is 26.1 Å². The molecule has 1 atom stereocenters. The second-order valence-corrected chi connectivity index (χ2v) is 5.73. The van der Waals surface area contributed by atoms with E-state index >= 15 is 0 Å². The highest BCUT2D eigenvalue weighted by Crippen LogP contribution is 2.24. The van der Waals surface area contributed by atoms with E-state index in [2.05, 4.69) is 5.32 Å². The summed E-state index contributed by atoms with van der Waals surface area (Å²) in [5.41, 5.74) is 0.855. The van der Waals surface area contributed by atoms with Gasteiger partial charge in [-0.05, 0) is 38.8 Å². The predicted octanol–water partition coefficient (Wildman–Crippen LogP) is 1.97. The Balaban J connectivity index is 1.79. The third kappa shape index (κ3) is 4.31. The summed E-state index contributed by atoms with van der Waals surface area (Å²) in [5.74, 6) is -0.846. The fourth-order valence-corrected chi connectivity index (χ4v) is 2.51. The minimum atomic E-state index is -0.564. The number of rotatable bonds is 7. The summed E-state index contributed by atoms with van der Waals surface area (Å²) in [5, 5.41) is 2.83. The van der Waals surface area contributed by atoms with Crippen molar-refractivity contribution in [3.8, 4) is 0 Å². The van der Waals surface area contributed by atoms with E-state index in [1.165, 1.54) is 0 Å². The van der Waals surface area contributed by atoms with Crippen molar-refractivity contribution in [3.05, 3.63) is 30.3 Å². The lowest BCUT2D eigenvalue weighted by Crippen LogP contribution is -2.37. The summed E-state index contributed by atoms with van der Waals surface area (Å²) in [4.78, 5) is 26.2. The number of amides is 2. The van der Waals surface area contributed by atoms with Crippen molar-refractivity contribution < 1.29 is 14.3 Å². The highest BCUT2D eigenvalue weighted by Gasteiger charge is 2.37. The number of benzene rings is 1. The summed E-state index contributed by atoms with van der Waals surface area (Å²) in [6.07, 6.45) is 1.53. The molecule has 5 heteroatoms. The van der Waals surface area contributed by atoms with Crippen LogP contribution in [0.5, 0.6) is 0 Å². The molecule has 0 unspecified atom stereocenters. The van der Waals surface area contributed by atoms with Crippen molar-refractivity contribution in [2.45, 2.75) is 32.8 Å². The molecule has 2 amide bonds. The van der Waals surface area contributed by atoms with Crippen molar-refractivity contribution in [1.82, 2.24) is 5.32 Å². The lowest BCUT2D eigenvalue weighted by atomic mass is 10.1. The van der Waals surface area contributed by atoms with Crippen LogP contribution in [0.4, 0.5) is 5.69 Å². The minimum Gasteiger partial charge on any atom is -0.379 e. The van der Waals surface area contributed by atoms with Crippen molar-refractivity contribution in [2.75, 3.05) is 24.6 Å². The van der Waals surface area contributed by atoms with Gasteiger partial charge in [0.15, 0.2) is 0 Å². The van der Waals surface area contributed by atoms with Crippen LogP contribution in [0.15, 0.2) is 30.3 Å². The fourth-order valence-electron chi connectivity index (χ4n) is 2.51. The average molecular weight is 304 g/mol. The molecule has 5 nitrogen and oxygen atoms in total. The molecular formula is C17H24N2O3. The van der Waals surface area contributed by atoms with Gasteiger partial charge in [0.25, 0.3) is 0 Å². The first kappa shape index (κ1) is 16.5. The second kappa shape index (κ2) is 7.94. The van der Waals surface area contributed by atoms with Crippen molar-refractivity contribution in [3.63, 3.8) is 0 Å². The van der Waals surface area contributed by atoms with E-state index in [0.717, 1.165) is 12.1 Å². The number of carbonyl (C=O) groups is 2. The number of hydrogen-bond donors (Lipinski definition) is 1. The Kier molecular flexibility index (Phi) is 5.95. The van der Waals surface area contributed by atoms with Gasteiger partial charge in [-0.15, -0.1) is 0 Å². The number of carbonyl (C=O) groups excluding carboxylic acids is 2. The molecule has 1 fully saturated rings. The molecule has 0 aromatic heterocycles. The molecule has 1 saturated heterocycles. The van der Waals surface area contributed by atoms with Gasteiger partial charge in [0.05, 0.1) is 6.10 Å². The zero-order chi connectivity index (χ0) is 15.9. The highest BCUT2D eigenvalue weighted by molar-refractivity contribution is 6.09. The van der Waals surface area contributed by atoms with Crippen LogP contribution in [-0.2, 0) is 14.3 Å². The van der Waals surface area contributed by atoms with Gasteiger partial charge < -0.3 is 15.0 Å². The Morgan fingerprint density at radius 3 is 2.77 bits per heavy atom. The van der Waals surface area contributed by atoms with Crippen LogP contribution >= 0.6 is 0 Å². The van der Waals surface area contributed by atoms with Gasteiger partial charge in [0, 0.05) is 25.4 Å². The second-order valence-electron chi connectivity index (χ2n) is 5.73. The van der Waals surface area contributed by atoms with Crippen LogP contribution in [0.3, 0.4) is 0 Å². The summed E-state index contributed by atoms with van der Waals surface area (Å²) >= 11 is 0. The summed E-state index contributed by atoms with van der Waals surface area (Å²) in [7, 11) is 0. The maximum Gasteiger partial charge on any atom is 0.239 e. The smallest absolute Gasteiger partial charge is 0.239 e. The molecule has 1 aliphatic heterocycles. The van der Waals surface area contributed by atoms with Gasteiger partial charge in [-0.1, -0.05) is 18.2 Å². The molecule has 1 aliphatic rings. The van der Waals surface area contributed by atoms with E-state index < -0.39 is 5.92 Å². The zero-order valence-electron chi connectivity index (χ0n) is 13.2. The molecule has 1 aromatic rings. The molecule has 120 valence electrons. The Labute approximate surface area is 131 Å². The van der Waals surface area contributed by atoms with Gasteiger partial charge in [0.1, 0.15) is 5.92 Å². The van der Waals surface area contributed by atoms with Gasteiger partial charge in [-0.2, -0.15) is 0 Å². The standard InChI is InChI=1S/C17H24N2O3/c1-13(2)22-12-6-10-18-16(20)15-9-11-19(17(15)21)14-7-4-3-5-8-14/h3-5,7-8,13,15H,6,9-12H2,1-2H3,(H,18,20)/t15-/m1/s1. The lowest BCUT2D eigenvalue weighted by molar-refractivity contribution is -0.132. The maximum atomic E-state index is 12.4. The van der Waals surface area contributed by atoms with Crippen LogP contribution in [0.1, 0.15) is 26.7 Å². The van der Waals surface area contributed by atoms with Crippen molar-refractivity contribution >= 4 is 17.5 Å². The monoisotopic (exact) mass is 304 g/mol. The van der Waals surface area contributed by atoms with Crippen LogP contribution in [0.2, 0.25) is 0 Å². The van der Waals surface area contributed by atoms with Gasteiger partial charge in [0.2, 0.25) is 11.8 Å². The van der Waals surface area contributed by atoms with E-state index in [-0.39, 0.29) is 17.9 Å². The van der Waals surface area contributed by atoms with E-state index in [1.807, 2.05) is 44.2 Å². The van der Waals surface area contributed by atoms with Crippen LogP contribution in [-0.4, -0.2) is 37.6 Å². The summed E-state index contributed by atoms with van der Waals surface area (Å²) < 4.78 is 5.42. The highest BCUT2D eigenvalue weighted by atomic mass is 16.5. The first-order valence-corrected chi connectivity index (χ1v) is 7.85. The first-order chi connectivity index (χ1) is 10.6. The molecule has 0 saturated carbocycles.